The van der Waals surface area contributed by atoms with E-state index in [2.05, 4.69) is 20.3 Å². The highest BCUT2D eigenvalue weighted by Crippen LogP contribution is 2.35. The van der Waals surface area contributed by atoms with Crippen LogP contribution in [-0.4, -0.2) is 52.0 Å². The van der Waals surface area contributed by atoms with Crippen molar-refractivity contribution in [3.63, 3.8) is 0 Å². The van der Waals surface area contributed by atoms with Gasteiger partial charge in [0.1, 0.15) is 11.9 Å². The standard InChI is InChI=1S/C23H19ClN6O4/c24-15-6-7-16-17(12-15)26-20(21(31)14-4-2-1-3-5-14)19(16)27-22-18(30(32)33)13-25-23(28-22)29-8-10-34-11-9-29/h1-7,12-13,26H,8-11H2,(H,25,27,28). The van der Waals surface area contributed by atoms with Gasteiger partial charge in [-0.25, -0.2) is 4.98 Å². The first kappa shape index (κ1) is 21.8. The van der Waals surface area contributed by atoms with Crippen LogP contribution in [0.2, 0.25) is 5.02 Å². The summed E-state index contributed by atoms with van der Waals surface area (Å²) >= 11 is 6.16. The van der Waals surface area contributed by atoms with Crippen LogP contribution in [-0.2, 0) is 4.74 Å². The van der Waals surface area contributed by atoms with Crippen LogP contribution in [0.15, 0.2) is 54.7 Å². The lowest BCUT2D eigenvalue weighted by atomic mass is 10.1. The molecule has 2 N–H and O–H groups in total. The van der Waals surface area contributed by atoms with E-state index in [0.29, 0.717) is 59.4 Å². The molecule has 2 aromatic heterocycles. The van der Waals surface area contributed by atoms with Gasteiger partial charge >= 0.3 is 5.69 Å². The normalized spacial score (nSPS) is 13.7. The van der Waals surface area contributed by atoms with Gasteiger partial charge in [-0.05, 0) is 18.2 Å². The number of fused-ring (bicyclic) bond motifs is 1. The number of rotatable bonds is 6. The average Bonchev–Trinajstić information content (AvgIpc) is 3.21. The number of ketones is 1. The molecule has 2 aromatic carbocycles. The Balaban J connectivity index is 1.63. The number of morpholine rings is 1. The fraction of sp³-hybridized carbons (Fsp3) is 0.174. The Morgan fingerprint density at radius 2 is 1.94 bits per heavy atom. The number of benzene rings is 2. The second-order valence-electron chi connectivity index (χ2n) is 7.65. The molecule has 3 heterocycles. The highest BCUT2D eigenvalue weighted by molar-refractivity contribution is 6.31. The van der Waals surface area contributed by atoms with E-state index < -0.39 is 4.92 Å². The molecule has 1 aliphatic heterocycles. The molecule has 0 saturated carbocycles. The lowest BCUT2D eigenvalue weighted by Crippen LogP contribution is -2.37. The molecule has 0 amide bonds. The molecule has 11 heteroatoms. The van der Waals surface area contributed by atoms with Gasteiger partial charge in [-0.2, -0.15) is 4.98 Å². The molecule has 1 saturated heterocycles. The number of halogens is 1. The van der Waals surface area contributed by atoms with Crippen molar-refractivity contribution in [2.24, 2.45) is 0 Å². The molecule has 10 nitrogen and oxygen atoms in total. The summed E-state index contributed by atoms with van der Waals surface area (Å²) in [6.45, 7) is 2.17. The molecule has 0 aliphatic carbocycles. The Kier molecular flexibility index (Phi) is 5.83. The number of nitrogens with zero attached hydrogens (tertiary/aromatic N) is 4. The molecule has 1 aliphatic rings. The maximum atomic E-state index is 13.4. The summed E-state index contributed by atoms with van der Waals surface area (Å²) in [5.41, 5.74) is 1.38. The molecule has 0 bridgehead atoms. The zero-order chi connectivity index (χ0) is 23.7. The Morgan fingerprint density at radius 3 is 2.68 bits per heavy atom. The first-order chi connectivity index (χ1) is 16.5. The van der Waals surface area contributed by atoms with Crippen molar-refractivity contribution in [3.8, 4) is 0 Å². The summed E-state index contributed by atoms with van der Waals surface area (Å²) in [4.78, 5) is 38.2. The maximum Gasteiger partial charge on any atom is 0.329 e. The zero-order valence-corrected chi connectivity index (χ0v) is 18.6. The zero-order valence-electron chi connectivity index (χ0n) is 17.8. The number of hydrogen-bond acceptors (Lipinski definition) is 8. The third kappa shape index (κ3) is 4.16. The van der Waals surface area contributed by atoms with Crippen LogP contribution in [0, 0.1) is 10.1 Å². The molecule has 172 valence electrons. The predicted octanol–water partition coefficient (Wildman–Crippen LogP) is 4.33. The van der Waals surface area contributed by atoms with Crippen molar-refractivity contribution < 1.29 is 14.5 Å². The van der Waals surface area contributed by atoms with Gasteiger partial charge in [-0.15, -0.1) is 0 Å². The molecule has 0 radical (unpaired) electrons. The van der Waals surface area contributed by atoms with Crippen LogP contribution in [0.25, 0.3) is 10.9 Å². The Bertz CT molecular complexity index is 1390. The van der Waals surface area contributed by atoms with E-state index in [4.69, 9.17) is 16.3 Å². The quantitative estimate of drug-likeness (QED) is 0.238. The highest BCUT2D eigenvalue weighted by atomic mass is 35.5. The topological polar surface area (TPSA) is 126 Å². The van der Waals surface area contributed by atoms with E-state index in [0.717, 1.165) is 0 Å². The van der Waals surface area contributed by atoms with E-state index in [9.17, 15) is 14.9 Å². The first-order valence-electron chi connectivity index (χ1n) is 10.5. The van der Waals surface area contributed by atoms with E-state index in [1.165, 1.54) is 6.20 Å². The smallest absolute Gasteiger partial charge is 0.329 e. The number of hydrogen-bond donors (Lipinski definition) is 2. The number of aromatic nitrogens is 3. The molecule has 0 unspecified atom stereocenters. The molecule has 0 spiro atoms. The van der Waals surface area contributed by atoms with Crippen LogP contribution in [0.5, 0.6) is 0 Å². The van der Waals surface area contributed by atoms with E-state index >= 15 is 0 Å². The van der Waals surface area contributed by atoms with Crippen molar-refractivity contribution in [3.05, 3.63) is 81.1 Å². The van der Waals surface area contributed by atoms with Crippen molar-refractivity contribution in [1.82, 2.24) is 15.0 Å². The third-order valence-corrected chi connectivity index (χ3v) is 5.75. The van der Waals surface area contributed by atoms with Crippen molar-refractivity contribution in [1.29, 1.82) is 0 Å². The minimum atomic E-state index is -0.560. The predicted molar refractivity (Wildman–Crippen MR) is 128 cm³/mol. The summed E-state index contributed by atoms with van der Waals surface area (Å²) in [7, 11) is 0. The molecule has 1 fully saturated rings. The second-order valence-corrected chi connectivity index (χ2v) is 8.08. The van der Waals surface area contributed by atoms with Gasteiger partial charge in [-0.3, -0.25) is 14.9 Å². The van der Waals surface area contributed by atoms with Gasteiger partial charge in [0.15, 0.2) is 0 Å². The molecule has 4 aromatic rings. The maximum absolute atomic E-state index is 13.4. The van der Waals surface area contributed by atoms with E-state index in [1.807, 2.05) is 11.0 Å². The van der Waals surface area contributed by atoms with Gasteiger partial charge in [-0.1, -0.05) is 41.9 Å². The second kappa shape index (κ2) is 9.08. The van der Waals surface area contributed by atoms with Crippen molar-refractivity contribution in [2.75, 3.05) is 36.5 Å². The summed E-state index contributed by atoms with van der Waals surface area (Å²) in [6.07, 6.45) is 1.17. The number of nitro groups is 1. The van der Waals surface area contributed by atoms with Crippen LogP contribution in [0.1, 0.15) is 16.1 Å². The van der Waals surface area contributed by atoms with Gasteiger partial charge < -0.3 is 19.9 Å². The van der Waals surface area contributed by atoms with Crippen LogP contribution in [0.4, 0.5) is 23.1 Å². The van der Waals surface area contributed by atoms with E-state index in [-0.39, 0.29) is 23.0 Å². The fourth-order valence-corrected chi connectivity index (χ4v) is 4.00. The number of anilines is 3. The number of carbonyl (C=O) groups excluding carboxylic acids is 1. The summed E-state index contributed by atoms with van der Waals surface area (Å²) < 4.78 is 5.37. The van der Waals surface area contributed by atoms with Gasteiger partial charge in [0.2, 0.25) is 17.5 Å². The van der Waals surface area contributed by atoms with Crippen LogP contribution >= 0.6 is 11.6 Å². The number of aromatic amines is 1. The van der Waals surface area contributed by atoms with Gasteiger partial charge in [0, 0.05) is 34.6 Å². The lowest BCUT2D eigenvalue weighted by molar-refractivity contribution is -0.384. The molecule has 34 heavy (non-hydrogen) atoms. The lowest BCUT2D eigenvalue weighted by Gasteiger charge is -2.26. The SMILES string of the molecule is O=C(c1ccccc1)c1[nH]c2cc(Cl)ccc2c1Nc1nc(N2CCOCC2)ncc1[N+](=O)[O-]. The Hall–Kier alpha value is -4.02. The van der Waals surface area contributed by atoms with Crippen LogP contribution < -0.4 is 10.2 Å². The van der Waals surface area contributed by atoms with Gasteiger partial charge in [0.05, 0.1) is 23.8 Å². The number of carbonyl (C=O) groups is 1. The van der Waals surface area contributed by atoms with Gasteiger partial charge in [0.25, 0.3) is 0 Å². The average molecular weight is 479 g/mol. The van der Waals surface area contributed by atoms with Crippen molar-refractivity contribution >= 4 is 51.4 Å². The minimum absolute atomic E-state index is 0.0144. The Labute approximate surface area is 198 Å². The number of ether oxygens (including phenoxy) is 1. The summed E-state index contributed by atoms with van der Waals surface area (Å²) in [6, 6.07) is 13.9. The summed E-state index contributed by atoms with van der Waals surface area (Å²) in [5.74, 6) is 0.0511. The monoisotopic (exact) mass is 478 g/mol. The Morgan fingerprint density at radius 1 is 1.18 bits per heavy atom. The molecule has 5 rings (SSSR count). The number of H-pyrrole nitrogens is 1. The first-order valence-corrected chi connectivity index (χ1v) is 10.9. The van der Waals surface area contributed by atoms with E-state index in [1.54, 1.807) is 42.5 Å². The largest absolute Gasteiger partial charge is 0.378 e. The minimum Gasteiger partial charge on any atom is -0.378 e. The fourth-order valence-electron chi connectivity index (χ4n) is 3.83. The number of nitrogens with one attached hydrogen (secondary N) is 2. The molecular formula is C23H19ClN6O4. The molecule has 0 atom stereocenters. The summed E-state index contributed by atoms with van der Waals surface area (Å²) in [5, 5.41) is 15.9. The highest BCUT2D eigenvalue weighted by Gasteiger charge is 2.25. The molecular weight excluding hydrogens is 460 g/mol. The third-order valence-electron chi connectivity index (χ3n) is 5.51. The van der Waals surface area contributed by atoms with Crippen LogP contribution in [0.3, 0.4) is 0 Å². The van der Waals surface area contributed by atoms with Crippen molar-refractivity contribution in [2.45, 2.75) is 0 Å².